The lowest BCUT2D eigenvalue weighted by atomic mass is 9.74. The van der Waals surface area contributed by atoms with Gasteiger partial charge in [-0.1, -0.05) is 39.0 Å². The molecule has 1 spiro atoms. The fraction of sp³-hybridized carbons (Fsp3) is 0.800. The molecule has 206 valence electrons. The monoisotopic (exact) mass is 513 g/mol. The first-order valence-corrected chi connectivity index (χ1v) is 15.0. The van der Waals surface area contributed by atoms with Gasteiger partial charge in [0.1, 0.15) is 11.9 Å². The molecule has 5 rings (SSSR count). The van der Waals surface area contributed by atoms with Gasteiger partial charge >= 0.3 is 6.09 Å². The Hall–Kier alpha value is -2.02. The molecule has 3 saturated heterocycles. The lowest BCUT2D eigenvalue weighted by Crippen LogP contribution is -2.63. The van der Waals surface area contributed by atoms with Gasteiger partial charge in [0.05, 0.1) is 11.8 Å². The zero-order chi connectivity index (χ0) is 25.9. The standard InChI is InChI=1S/C30H47N3O4/c1-3-4-10-26-22-32(21-24-8-6-5-7-9-24)28(35)37-30(26)14-18-33(19-15-30)29(2)12-16-31(17-13-29)27(34)25-11-20-36-23-25/h11,20,23-24,26H,3-10,12-19,21-22H2,1-2H3. The summed E-state index contributed by atoms with van der Waals surface area (Å²) in [7, 11) is 0. The van der Waals surface area contributed by atoms with Crippen LogP contribution in [0, 0.1) is 11.8 Å². The molecule has 37 heavy (non-hydrogen) atoms. The smallest absolute Gasteiger partial charge is 0.410 e. The van der Waals surface area contributed by atoms with Gasteiger partial charge in [0, 0.05) is 63.6 Å². The topological polar surface area (TPSA) is 66.2 Å². The summed E-state index contributed by atoms with van der Waals surface area (Å²) in [6.45, 7) is 9.84. The van der Waals surface area contributed by atoms with Gasteiger partial charge in [-0.3, -0.25) is 9.69 Å². The van der Waals surface area contributed by atoms with Gasteiger partial charge in [-0.25, -0.2) is 4.79 Å². The number of unbranched alkanes of at least 4 members (excludes halogenated alkanes) is 1. The van der Waals surface area contributed by atoms with Crippen LogP contribution in [0.2, 0.25) is 0 Å². The zero-order valence-corrected chi connectivity index (χ0v) is 23.1. The molecule has 1 saturated carbocycles. The highest BCUT2D eigenvalue weighted by atomic mass is 16.6. The second-order valence-electron chi connectivity index (χ2n) is 12.5. The molecule has 7 nitrogen and oxygen atoms in total. The van der Waals surface area contributed by atoms with E-state index in [9.17, 15) is 9.59 Å². The fourth-order valence-electron chi connectivity index (χ4n) is 7.48. The van der Waals surface area contributed by atoms with Crippen molar-refractivity contribution in [1.29, 1.82) is 0 Å². The molecule has 1 atom stereocenters. The minimum Gasteiger partial charge on any atom is -0.472 e. The van der Waals surface area contributed by atoms with Crippen LogP contribution in [0.4, 0.5) is 4.79 Å². The van der Waals surface area contributed by atoms with Gasteiger partial charge in [-0.15, -0.1) is 0 Å². The summed E-state index contributed by atoms with van der Waals surface area (Å²) in [6, 6.07) is 1.75. The van der Waals surface area contributed by atoms with Gasteiger partial charge in [0.15, 0.2) is 0 Å². The highest BCUT2D eigenvalue weighted by Gasteiger charge is 2.51. The highest BCUT2D eigenvalue weighted by molar-refractivity contribution is 5.93. The third kappa shape index (κ3) is 5.71. The van der Waals surface area contributed by atoms with E-state index in [-0.39, 0.29) is 23.1 Å². The number of furan rings is 1. The molecule has 2 amide bonds. The molecule has 0 N–H and O–H groups in total. The van der Waals surface area contributed by atoms with E-state index in [0.717, 1.165) is 71.4 Å². The normalized spacial score (nSPS) is 26.9. The van der Waals surface area contributed by atoms with Crippen molar-refractivity contribution in [3.63, 3.8) is 0 Å². The number of ether oxygens (including phenoxy) is 1. The number of likely N-dealkylation sites (tertiary alicyclic amines) is 2. The van der Waals surface area contributed by atoms with Crippen molar-refractivity contribution in [3.05, 3.63) is 24.2 Å². The molecule has 1 aromatic rings. The Balaban J connectivity index is 1.19. The van der Waals surface area contributed by atoms with Crippen LogP contribution in [-0.4, -0.2) is 77.1 Å². The maximum Gasteiger partial charge on any atom is 0.410 e. The Labute approximate surface area is 222 Å². The third-order valence-corrected chi connectivity index (χ3v) is 10.1. The van der Waals surface area contributed by atoms with Crippen LogP contribution < -0.4 is 0 Å². The molecule has 0 aromatic carbocycles. The maximum absolute atomic E-state index is 13.3. The second kappa shape index (κ2) is 11.4. The largest absolute Gasteiger partial charge is 0.472 e. The van der Waals surface area contributed by atoms with Gasteiger partial charge < -0.3 is 19.0 Å². The summed E-state index contributed by atoms with van der Waals surface area (Å²) in [5.74, 6) is 1.15. The highest BCUT2D eigenvalue weighted by Crippen LogP contribution is 2.43. The van der Waals surface area contributed by atoms with Crippen molar-refractivity contribution in [2.75, 3.05) is 39.3 Å². The van der Waals surface area contributed by atoms with Crippen molar-refractivity contribution in [1.82, 2.24) is 14.7 Å². The lowest BCUT2D eigenvalue weighted by Gasteiger charge is -2.55. The minimum atomic E-state index is -0.305. The van der Waals surface area contributed by atoms with Crippen LogP contribution in [0.25, 0.3) is 0 Å². The van der Waals surface area contributed by atoms with Gasteiger partial charge in [-0.2, -0.15) is 0 Å². The van der Waals surface area contributed by atoms with E-state index >= 15 is 0 Å². The summed E-state index contributed by atoms with van der Waals surface area (Å²) >= 11 is 0. The van der Waals surface area contributed by atoms with Crippen LogP contribution in [0.1, 0.15) is 101 Å². The molecule has 1 aliphatic carbocycles. The molecule has 3 aliphatic heterocycles. The van der Waals surface area contributed by atoms with Gasteiger partial charge in [0.25, 0.3) is 5.91 Å². The first kappa shape index (κ1) is 26.6. The van der Waals surface area contributed by atoms with E-state index in [1.165, 1.54) is 51.2 Å². The second-order valence-corrected chi connectivity index (χ2v) is 12.5. The van der Waals surface area contributed by atoms with Crippen LogP contribution in [0.5, 0.6) is 0 Å². The van der Waals surface area contributed by atoms with E-state index in [2.05, 4.69) is 23.6 Å². The van der Waals surface area contributed by atoms with Crippen molar-refractivity contribution in [2.24, 2.45) is 11.8 Å². The van der Waals surface area contributed by atoms with E-state index in [4.69, 9.17) is 9.15 Å². The van der Waals surface area contributed by atoms with Crippen LogP contribution >= 0.6 is 0 Å². The molecule has 4 fully saturated rings. The zero-order valence-electron chi connectivity index (χ0n) is 23.1. The number of carbonyl (C=O) groups excluding carboxylic acids is 2. The molecule has 4 heterocycles. The number of piperidine rings is 2. The first-order chi connectivity index (χ1) is 17.9. The Bertz CT molecular complexity index is 894. The average molecular weight is 514 g/mol. The predicted octanol–water partition coefficient (Wildman–Crippen LogP) is 5.95. The number of hydrogen-bond acceptors (Lipinski definition) is 5. The third-order valence-electron chi connectivity index (χ3n) is 10.1. The fourth-order valence-corrected chi connectivity index (χ4v) is 7.48. The predicted molar refractivity (Wildman–Crippen MR) is 143 cm³/mol. The lowest BCUT2D eigenvalue weighted by molar-refractivity contribution is -0.134. The Kier molecular flexibility index (Phi) is 8.18. The maximum atomic E-state index is 13.3. The molecule has 1 aromatic heterocycles. The Morgan fingerprint density at radius 1 is 1.05 bits per heavy atom. The Morgan fingerprint density at radius 3 is 2.43 bits per heavy atom. The number of rotatable bonds is 7. The van der Waals surface area contributed by atoms with E-state index in [0.29, 0.717) is 17.4 Å². The summed E-state index contributed by atoms with van der Waals surface area (Å²) in [6.07, 6.45) is 16.8. The van der Waals surface area contributed by atoms with Crippen LogP contribution in [0.3, 0.4) is 0 Å². The SMILES string of the molecule is CCCCC1CN(CC2CCCCC2)C(=O)OC12CCN(C1(C)CCN(C(=O)c3ccoc3)CC1)CC2. The minimum absolute atomic E-state index is 0.0657. The number of amides is 2. The molecule has 4 aliphatic rings. The molecule has 7 heteroatoms. The molecule has 1 unspecified atom stereocenters. The quantitative estimate of drug-likeness (QED) is 0.451. The van der Waals surface area contributed by atoms with Crippen LogP contribution in [0.15, 0.2) is 23.0 Å². The number of carbonyl (C=O) groups is 2. The number of hydrogen-bond donors (Lipinski definition) is 0. The molecule has 0 radical (unpaired) electrons. The summed E-state index contributed by atoms with van der Waals surface area (Å²) < 4.78 is 11.5. The number of nitrogens with zero attached hydrogens (tertiary/aromatic N) is 3. The molecular weight excluding hydrogens is 466 g/mol. The average Bonchev–Trinajstić information content (AvgIpc) is 3.46. The summed E-state index contributed by atoms with van der Waals surface area (Å²) in [4.78, 5) is 32.6. The van der Waals surface area contributed by atoms with Crippen molar-refractivity contribution < 1.29 is 18.7 Å². The summed E-state index contributed by atoms with van der Waals surface area (Å²) in [5.41, 5.74) is 0.415. The summed E-state index contributed by atoms with van der Waals surface area (Å²) in [5, 5.41) is 0. The first-order valence-electron chi connectivity index (χ1n) is 15.0. The molecule has 0 bridgehead atoms. The van der Waals surface area contributed by atoms with E-state index in [1.807, 2.05) is 4.90 Å². The van der Waals surface area contributed by atoms with Gasteiger partial charge in [0.2, 0.25) is 0 Å². The van der Waals surface area contributed by atoms with Crippen molar-refractivity contribution in [3.8, 4) is 0 Å². The van der Waals surface area contributed by atoms with Crippen molar-refractivity contribution >= 4 is 12.0 Å². The van der Waals surface area contributed by atoms with Crippen molar-refractivity contribution in [2.45, 2.75) is 102 Å². The van der Waals surface area contributed by atoms with E-state index in [1.54, 1.807) is 12.3 Å². The van der Waals surface area contributed by atoms with Crippen LogP contribution in [-0.2, 0) is 4.74 Å². The van der Waals surface area contributed by atoms with E-state index < -0.39 is 0 Å². The Morgan fingerprint density at radius 2 is 1.78 bits per heavy atom. The van der Waals surface area contributed by atoms with Gasteiger partial charge in [-0.05, 0) is 51.0 Å². The molecular formula is C30H47N3O4.